The SMILES string of the molecule is Cc1nn(C)c(C)c1CNC(=O)c1cccc(Br)c1N. The lowest BCUT2D eigenvalue weighted by Crippen LogP contribution is -2.24. The number of benzene rings is 1. The molecule has 0 aliphatic carbocycles. The van der Waals surface area contributed by atoms with Crippen LogP contribution in [0.15, 0.2) is 22.7 Å². The maximum atomic E-state index is 12.2. The molecule has 0 atom stereocenters. The van der Waals surface area contributed by atoms with E-state index in [1.807, 2.05) is 31.6 Å². The van der Waals surface area contributed by atoms with E-state index in [4.69, 9.17) is 5.73 Å². The van der Waals surface area contributed by atoms with Crippen LogP contribution in [0, 0.1) is 13.8 Å². The summed E-state index contributed by atoms with van der Waals surface area (Å²) in [5.41, 5.74) is 9.82. The molecule has 0 bridgehead atoms. The molecule has 0 spiro atoms. The molecule has 3 N–H and O–H groups in total. The first-order valence-corrected chi connectivity index (χ1v) is 7.02. The molecule has 0 fully saturated rings. The highest BCUT2D eigenvalue weighted by Gasteiger charge is 2.14. The molecule has 0 saturated heterocycles. The Morgan fingerprint density at radius 2 is 2.15 bits per heavy atom. The first kappa shape index (κ1) is 14.6. The summed E-state index contributed by atoms with van der Waals surface area (Å²) in [7, 11) is 1.89. The Hall–Kier alpha value is -1.82. The molecule has 0 aliphatic rings. The minimum absolute atomic E-state index is 0.188. The monoisotopic (exact) mass is 336 g/mol. The molecular weight excluding hydrogens is 320 g/mol. The van der Waals surface area contributed by atoms with Crippen LogP contribution in [0.1, 0.15) is 27.3 Å². The van der Waals surface area contributed by atoms with Crippen LogP contribution in [-0.2, 0) is 13.6 Å². The third-order valence-electron chi connectivity index (χ3n) is 3.38. The number of para-hydroxylation sites is 1. The Labute approximate surface area is 126 Å². The predicted molar refractivity (Wildman–Crippen MR) is 82.4 cm³/mol. The van der Waals surface area contributed by atoms with E-state index in [-0.39, 0.29) is 5.91 Å². The van der Waals surface area contributed by atoms with E-state index in [1.54, 1.807) is 12.1 Å². The van der Waals surface area contributed by atoms with Crippen molar-refractivity contribution in [2.45, 2.75) is 20.4 Å². The van der Waals surface area contributed by atoms with Gasteiger partial charge in [0, 0.05) is 29.3 Å². The van der Waals surface area contributed by atoms with E-state index in [9.17, 15) is 4.79 Å². The van der Waals surface area contributed by atoms with Gasteiger partial charge in [0.2, 0.25) is 0 Å². The van der Waals surface area contributed by atoms with Gasteiger partial charge in [-0.05, 0) is 41.9 Å². The van der Waals surface area contributed by atoms with E-state index in [1.165, 1.54) is 0 Å². The second kappa shape index (κ2) is 5.66. The van der Waals surface area contributed by atoms with Crippen molar-refractivity contribution in [3.8, 4) is 0 Å². The maximum absolute atomic E-state index is 12.2. The Morgan fingerprint density at radius 3 is 2.75 bits per heavy atom. The van der Waals surface area contributed by atoms with Crippen LogP contribution in [0.2, 0.25) is 0 Å². The van der Waals surface area contributed by atoms with E-state index in [2.05, 4.69) is 26.3 Å². The highest BCUT2D eigenvalue weighted by Crippen LogP contribution is 2.23. The van der Waals surface area contributed by atoms with Crippen LogP contribution in [0.25, 0.3) is 0 Å². The van der Waals surface area contributed by atoms with Gasteiger partial charge in [-0.3, -0.25) is 9.48 Å². The molecule has 1 heterocycles. The Balaban J connectivity index is 2.15. The van der Waals surface area contributed by atoms with Crippen molar-refractivity contribution >= 4 is 27.5 Å². The van der Waals surface area contributed by atoms with Crippen molar-refractivity contribution in [2.24, 2.45) is 7.05 Å². The van der Waals surface area contributed by atoms with E-state index in [0.717, 1.165) is 21.4 Å². The van der Waals surface area contributed by atoms with Crippen LogP contribution in [0.4, 0.5) is 5.69 Å². The molecule has 0 aliphatic heterocycles. The Kier molecular flexibility index (Phi) is 4.13. The number of hydrogen-bond donors (Lipinski definition) is 2. The van der Waals surface area contributed by atoms with Gasteiger partial charge in [-0.15, -0.1) is 0 Å². The van der Waals surface area contributed by atoms with E-state index >= 15 is 0 Å². The van der Waals surface area contributed by atoms with Crippen LogP contribution >= 0.6 is 15.9 Å². The lowest BCUT2D eigenvalue weighted by Gasteiger charge is -2.09. The number of nitrogens with two attached hydrogens (primary N) is 1. The first-order chi connectivity index (χ1) is 9.41. The standard InChI is InChI=1S/C14H17BrN4O/c1-8-11(9(2)19(3)18-8)7-17-14(20)10-5-4-6-12(15)13(10)16/h4-6H,7,16H2,1-3H3,(H,17,20). The molecule has 20 heavy (non-hydrogen) atoms. The van der Waals surface area contributed by atoms with Gasteiger partial charge in [-0.25, -0.2) is 0 Å². The van der Waals surface area contributed by atoms with Crippen molar-refractivity contribution in [1.82, 2.24) is 15.1 Å². The molecule has 6 heteroatoms. The number of nitrogens with one attached hydrogen (secondary N) is 1. The van der Waals surface area contributed by atoms with Gasteiger partial charge >= 0.3 is 0 Å². The Morgan fingerprint density at radius 1 is 1.45 bits per heavy atom. The molecule has 1 aromatic heterocycles. The molecule has 1 amide bonds. The number of anilines is 1. The lowest BCUT2D eigenvalue weighted by atomic mass is 10.1. The summed E-state index contributed by atoms with van der Waals surface area (Å²) in [5.74, 6) is -0.188. The summed E-state index contributed by atoms with van der Waals surface area (Å²) < 4.78 is 2.53. The third kappa shape index (κ3) is 2.70. The average Bonchev–Trinajstić information content (AvgIpc) is 2.64. The molecule has 0 radical (unpaired) electrons. The summed E-state index contributed by atoms with van der Waals surface area (Å²) >= 11 is 3.32. The number of rotatable bonds is 3. The minimum Gasteiger partial charge on any atom is -0.397 e. The van der Waals surface area contributed by atoms with Crippen molar-refractivity contribution in [3.63, 3.8) is 0 Å². The summed E-state index contributed by atoms with van der Waals surface area (Å²) in [6.45, 7) is 4.35. The van der Waals surface area contributed by atoms with Crippen molar-refractivity contribution in [3.05, 3.63) is 45.2 Å². The molecule has 1 aromatic carbocycles. The van der Waals surface area contributed by atoms with Crippen molar-refractivity contribution < 1.29 is 4.79 Å². The molecule has 0 unspecified atom stereocenters. The summed E-state index contributed by atoms with van der Waals surface area (Å²) in [6.07, 6.45) is 0. The van der Waals surface area contributed by atoms with Crippen molar-refractivity contribution in [1.29, 1.82) is 0 Å². The number of carbonyl (C=O) groups excluding carboxylic acids is 1. The zero-order valence-corrected chi connectivity index (χ0v) is 13.3. The van der Waals surface area contributed by atoms with Gasteiger partial charge in [-0.2, -0.15) is 5.10 Å². The number of carbonyl (C=O) groups is 1. The summed E-state index contributed by atoms with van der Waals surface area (Å²) in [5, 5.41) is 7.21. The fraction of sp³-hybridized carbons (Fsp3) is 0.286. The van der Waals surface area contributed by atoms with Gasteiger partial charge in [0.05, 0.1) is 16.9 Å². The van der Waals surface area contributed by atoms with E-state index in [0.29, 0.717) is 17.8 Å². The first-order valence-electron chi connectivity index (χ1n) is 6.23. The van der Waals surface area contributed by atoms with Gasteiger partial charge in [0.15, 0.2) is 0 Å². The highest BCUT2D eigenvalue weighted by atomic mass is 79.9. The number of hydrogen-bond acceptors (Lipinski definition) is 3. The zero-order valence-electron chi connectivity index (χ0n) is 11.7. The van der Waals surface area contributed by atoms with Gasteiger partial charge in [0.1, 0.15) is 0 Å². The number of nitrogens with zero attached hydrogens (tertiary/aromatic N) is 2. The number of amides is 1. The van der Waals surface area contributed by atoms with Gasteiger partial charge in [-0.1, -0.05) is 6.07 Å². The van der Waals surface area contributed by atoms with Crippen LogP contribution in [0.5, 0.6) is 0 Å². The predicted octanol–water partition coefficient (Wildman–Crippen LogP) is 2.31. The number of aryl methyl sites for hydroxylation is 2. The molecule has 0 saturated carbocycles. The lowest BCUT2D eigenvalue weighted by molar-refractivity contribution is 0.0951. The van der Waals surface area contributed by atoms with Crippen LogP contribution < -0.4 is 11.1 Å². The van der Waals surface area contributed by atoms with Gasteiger partial charge in [0.25, 0.3) is 5.91 Å². The Bertz CT molecular complexity index is 663. The fourth-order valence-electron chi connectivity index (χ4n) is 2.07. The summed E-state index contributed by atoms with van der Waals surface area (Å²) in [6, 6.07) is 5.30. The highest BCUT2D eigenvalue weighted by molar-refractivity contribution is 9.10. The molecular formula is C14H17BrN4O. The normalized spacial score (nSPS) is 10.6. The molecule has 2 aromatic rings. The number of halogens is 1. The van der Waals surface area contributed by atoms with Crippen LogP contribution in [0.3, 0.4) is 0 Å². The topological polar surface area (TPSA) is 72.9 Å². The molecule has 5 nitrogen and oxygen atoms in total. The fourth-order valence-corrected chi connectivity index (χ4v) is 2.44. The van der Waals surface area contributed by atoms with Crippen molar-refractivity contribution in [2.75, 3.05) is 5.73 Å². The van der Waals surface area contributed by atoms with Gasteiger partial charge < -0.3 is 11.1 Å². The maximum Gasteiger partial charge on any atom is 0.253 e. The van der Waals surface area contributed by atoms with Crippen LogP contribution in [-0.4, -0.2) is 15.7 Å². The molecule has 2 rings (SSSR count). The number of nitrogen functional groups attached to an aromatic ring is 1. The smallest absolute Gasteiger partial charge is 0.253 e. The zero-order chi connectivity index (χ0) is 14.9. The minimum atomic E-state index is -0.188. The molecule has 106 valence electrons. The number of aromatic nitrogens is 2. The average molecular weight is 337 g/mol. The van der Waals surface area contributed by atoms with E-state index < -0.39 is 0 Å². The largest absolute Gasteiger partial charge is 0.397 e. The quantitative estimate of drug-likeness (QED) is 0.844. The summed E-state index contributed by atoms with van der Waals surface area (Å²) in [4.78, 5) is 12.2. The third-order valence-corrected chi connectivity index (χ3v) is 4.07. The second-order valence-electron chi connectivity index (χ2n) is 4.66. The second-order valence-corrected chi connectivity index (χ2v) is 5.51.